The van der Waals surface area contributed by atoms with Gasteiger partial charge in [0.1, 0.15) is 0 Å². The van der Waals surface area contributed by atoms with Gasteiger partial charge in [-0.25, -0.2) is 4.98 Å². The van der Waals surface area contributed by atoms with Crippen molar-refractivity contribution in [1.82, 2.24) is 15.2 Å². The molecule has 0 aliphatic rings. The van der Waals surface area contributed by atoms with Gasteiger partial charge >= 0.3 is 0 Å². The third-order valence-corrected chi connectivity index (χ3v) is 4.21. The topological polar surface area (TPSA) is 79.9 Å². The van der Waals surface area contributed by atoms with E-state index in [1.54, 1.807) is 23.5 Å². The van der Waals surface area contributed by atoms with Gasteiger partial charge < -0.3 is 10.1 Å². The maximum atomic E-state index is 12.3. The molecule has 0 aliphatic carbocycles. The lowest BCUT2D eigenvalue weighted by Gasteiger charge is -2.08. The number of aromatic nitrogens is 3. The molecule has 3 heterocycles. The number of amides is 1. The van der Waals surface area contributed by atoms with Crippen molar-refractivity contribution in [3.63, 3.8) is 0 Å². The zero-order chi connectivity index (χ0) is 17.1. The number of carbonyl (C=O) groups is 1. The summed E-state index contributed by atoms with van der Waals surface area (Å²) in [4.78, 5) is 18.7. The summed E-state index contributed by atoms with van der Waals surface area (Å²) in [5, 5.41) is 9.82. The Balaban J connectivity index is 1.67. The molecule has 0 aromatic carbocycles. The first-order valence-electron chi connectivity index (χ1n) is 7.57. The highest BCUT2D eigenvalue weighted by Crippen LogP contribution is 2.27. The minimum Gasteiger partial charge on any atom is -0.475 e. The van der Waals surface area contributed by atoms with E-state index in [1.807, 2.05) is 39.0 Å². The maximum Gasteiger partial charge on any atom is 0.258 e. The minimum atomic E-state index is -0.265. The van der Waals surface area contributed by atoms with Gasteiger partial charge in [-0.05, 0) is 39.0 Å². The second-order valence-electron chi connectivity index (χ2n) is 5.58. The Kier molecular flexibility index (Phi) is 4.61. The van der Waals surface area contributed by atoms with E-state index < -0.39 is 0 Å². The van der Waals surface area contributed by atoms with E-state index in [9.17, 15) is 4.79 Å². The van der Waals surface area contributed by atoms with Crippen LogP contribution in [0.5, 0.6) is 5.88 Å². The Morgan fingerprint density at radius 3 is 2.75 bits per heavy atom. The van der Waals surface area contributed by atoms with E-state index in [0.29, 0.717) is 17.3 Å². The van der Waals surface area contributed by atoms with Crippen molar-refractivity contribution < 1.29 is 9.53 Å². The quantitative estimate of drug-likeness (QED) is 0.737. The largest absolute Gasteiger partial charge is 0.475 e. The van der Waals surface area contributed by atoms with Gasteiger partial charge in [0.15, 0.2) is 5.82 Å². The summed E-state index contributed by atoms with van der Waals surface area (Å²) in [5.41, 5.74) is 1.32. The third kappa shape index (κ3) is 3.80. The average Bonchev–Trinajstić information content (AvgIpc) is 3.16. The van der Waals surface area contributed by atoms with Crippen molar-refractivity contribution in [2.45, 2.75) is 26.9 Å². The molecular formula is C17H18N4O2S. The highest BCUT2D eigenvalue weighted by molar-refractivity contribution is 7.15. The zero-order valence-corrected chi connectivity index (χ0v) is 14.5. The lowest BCUT2D eigenvalue weighted by Crippen LogP contribution is -2.13. The lowest BCUT2D eigenvalue weighted by atomic mass is 10.2. The molecule has 6 nitrogen and oxygen atoms in total. The van der Waals surface area contributed by atoms with Crippen molar-refractivity contribution in [2.75, 3.05) is 5.32 Å². The molecule has 3 rings (SSSR count). The highest BCUT2D eigenvalue weighted by atomic mass is 32.1. The predicted octanol–water partition coefficient (Wildman–Crippen LogP) is 3.88. The number of aryl methyl sites for hydroxylation is 1. The number of rotatable bonds is 5. The molecule has 0 saturated carbocycles. The number of carbonyl (C=O) groups excluding carboxylic acids is 1. The van der Waals surface area contributed by atoms with E-state index in [2.05, 4.69) is 20.5 Å². The fourth-order valence-corrected chi connectivity index (χ4v) is 2.94. The van der Waals surface area contributed by atoms with Gasteiger partial charge in [-0.2, -0.15) is 5.10 Å². The molecule has 2 N–H and O–H groups in total. The SMILES string of the molecule is Cc1ccc(-c2cc(NC(=O)c3ccc(OC(C)C)nc3)n[nH]2)s1. The number of hydrogen-bond donors (Lipinski definition) is 2. The van der Waals surface area contributed by atoms with E-state index in [0.717, 1.165) is 10.6 Å². The number of pyridine rings is 1. The molecule has 24 heavy (non-hydrogen) atoms. The molecular weight excluding hydrogens is 324 g/mol. The van der Waals surface area contributed by atoms with Crippen molar-refractivity contribution in [3.8, 4) is 16.5 Å². The average molecular weight is 342 g/mol. The van der Waals surface area contributed by atoms with Crippen molar-refractivity contribution in [3.05, 3.63) is 47.0 Å². The van der Waals surface area contributed by atoms with Gasteiger partial charge in [0.05, 0.1) is 22.2 Å². The van der Waals surface area contributed by atoms with Crippen LogP contribution < -0.4 is 10.1 Å². The fourth-order valence-electron chi connectivity index (χ4n) is 2.11. The van der Waals surface area contributed by atoms with Crippen LogP contribution in [0.3, 0.4) is 0 Å². The number of nitrogens with zero attached hydrogens (tertiary/aromatic N) is 2. The summed E-state index contributed by atoms with van der Waals surface area (Å²) >= 11 is 1.67. The second kappa shape index (κ2) is 6.84. The lowest BCUT2D eigenvalue weighted by molar-refractivity contribution is 0.102. The van der Waals surface area contributed by atoms with Gasteiger partial charge in [-0.15, -0.1) is 11.3 Å². The van der Waals surface area contributed by atoms with Crippen LogP contribution in [-0.4, -0.2) is 27.2 Å². The normalized spacial score (nSPS) is 10.8. The molecule has 0 atom stereocenters. The molecule has 0 fully saturated rings. The summed E-state index contributed by atoms with van der Waals surface area (Å²) in [6.07, 6.45) is 1.53. The van der Waals surface area contributed by atoms with E-state index in [-0.39, 0.29) is 12.0 Å². The summed E-state index contributed by atoms with van der Waals surface area (Å²) in [7, 11) is 0. The standard InChI is InChI=1S/C17H18N4O2S/c1-10(2)23-16-7-5-12(9-18-16)17(22)19-15-8-13(20-21-15)14-6-4-11(3)24-14/h4-10H,1-3H3,(H2,19,20,21,22). The predicted molar refractivity (Wildman–Crippen MR) is 94.6 cm³/mol. The van der Waals surface area contributed by atoms with Crippen LogP contribution in [0.15, 0.2) is 36.5 Å². The Morgan fingerprint density at radius 1 is 1.29 bits per heavy atom. The van der Waals surface area contributed by atoms with Gasteiger partial charge in [-0.3, -0.25) is 9.89 Å². The van der Waals surface area contributed by atoms with Crippen LogP contribution in [0.1, 0.15) is 29.1 Å². The molecule has 3 aromatic heterocycles. The van der Waals surface area contributed by atoms with Crippen LogP contribution in [0, 0.1) is 6.92 Å². The molecule has 0 aliphatic heterocycles. The van der Waals surface area contributed by atoms with Crippen LogP contribution in [0.25, 0.3) is 10.6 Å². The summed E-state index contributed by atoms with van der Waals surface area (Å²) in [6, 6.07) is 9.24. The van der Waals surface area contributed by atoms with Crippen LogP contribution in [0.4, 0.5) is 5.82 Å². The first-order chi connectivity index (χ1) is 11.5. The Morgan fingerprint density at radius 2 is 2.12 bits per heavy atom. The van der Waals surface area contributed by atoms with Gasteiger partial charge in [0.25, 0.3) is 5.91 Å². The van der Waals surface area contributed by atoms with Gasteiger partial charge in [0.2, 0.25) is 5.88 Å². The maximum absolute atomic E-state index is 12.3. The zero-order valence-electron chi connectivity index (χ0n) is 13.7. The number of nitrogens with one attached hydrogen (secondary N) is 2. The van der Waals surface area contributed by atoms with E-state index >= 15 is 0 Å². The molecule has 0 radical (unpaired) electrons. The first-order valence-corrected chi connectivity index (χ1v) is 8.39. The summed E-state index contributed by atoms with van der Waals surface area (Å²) in [6.45, 7) is 5.89. The van der Waals surface area contributed by atoms with Crippen LogP contribution >= 0.6 is 11.3 Å². The molecule has 0 spiro atoms. The van der Waals surface area contributed by atoms with Gasteiger partial charge in [-0.1, -0.05) is 0 Å². The third-order valence-electron chi connectivity index (χ3n) is 3.18. The molecule has 0 saturated heterocycles. The minimum absolute atomic E-state index is 0.0422. The van der Waals surface area contributed by atoms with Gasteiger partial charge in [0, 0.05) is 23.2 Å². The number of aromatic amines is 1. The molecule has 0 unspecified atom stereocenters. The van der Waals surface area contributed by atoms with E-state index in [4.69, 9.17) is 4.74 Å². The number of H-pyrrole nitrogens is 1. The first kappa shape index (κ1) is 16.2. The number of thiophene rings is 1. The van der Waals surface area contributed by atoms with Crippen molar-refractivity contribution in [1.29, 1.82) is 0 Å². The van der Waals surface area contributed by atoms with Crippen molar-refractivity contribution in [2.24, 2.45) is 0 Å². The Labute approximate surface area is 143 Å². The smallest absolute Gasteiger partial charge is 0.258 e. The van der Waals surface area contributed by atoms with Crippen LogP contribution in [0.2, 0.25) is 0 Å². The monoisotopic (exact) mass is 342 g/mol. The molecule has 0 bridgehead atoms. The molecule has 124 valence electrons. The van der Waals surface area contributed by atoms with Crippen molar-refractivity contribution >= 4 is 23.1 Å². The highest BCUT2D eigenvalue weighted by Gasteiger charge is 2.11. The summed E-state index contributed by atoms with van der Waals surface area (Å²) < 4.78 is 5.46. The molecule has 1 amide bonds. The Hall–Kier alpha value is -2.67. The number of hydrogen-bond acceptors (Lipinski definition) is 5. The molecule has 7 heteroatoms. The number of ether oxygens (including phenoxy) is 1. The van der Waals surface area contributed by atoms with Crippen LogP contribution in [-0.2, 0) is 0 Å². The Bertz CT molecular complexity index is 836. The fraction of sp³-hybridized carbons (Fsp3) is 0.235. The van der Waals surface area contributed by atoms with E-state index in [1.165, 1.54) is 11.1 Å². The number of anilines is 1. The summed E-state index contributed by atoms with van der Waals surface area (Å²) in [5.74, 6) is 0.708. The molecule has 3 aromatic rings. The second-order valence-corrected chi connectivity index (χ2v) is 6.87.